The fourth-order valence-electron chi connectivity index (χ4n) is 1.75. The Balaban J connectivity index is 2.33. The monoisotopic (exact) mass is 320 g/mol. The van der Waals surface area contributed by atoms with E-state index < -0.39 is 18.1 Å². The van der Waals surface area contributed by atoms with E-state index in [-0.39, 0.29) is 18.9 Å². The van der Waals surface area contributed by atoms with Crippen LogP contribution in [0.25, 0.3) is 0 Å². The molecule has 0 fully saturated rings. The molecule has 0 aliphatic carbocycles. The second kappa shape index (κ2) is 9.99. The average molecular weight is 320 g/mol. The molecule has 1 atom stereocenters. The van der Waals surface area contributed by atoms with Crippen LogP contribution in [-0.4, -0.2) is 35.7 Å². The highest BCUT2D eigenvalue weighted by Gasteiger charge is 2.20. The lowest BCUT2D eigenvalue weighted by Crippen LogP contribution is -2.41. The lowest BCUT2D eigenvalue weighted by atomic mass is 10.1. The standard InChI is InChI=1S/C16H20N2O5/c1-2-14(19)17-10-6-9-13(15(20)21)18-16(22)23-11-12-7-4-3-5-8-12/h2-5,7-8,13H,1,6,9-11H2,(H,17,19)(H,18,22)(H,20,21). The van der Waals surface area contributed by atoms with Crippen LogP contribution in [0.3, 0.4) is 0 Å². The molecule has 3 N–H and O–H groups in total. The second-order valence-electron chi connectivity index (χ2n) is 4.73. The number of rotatable bonds is 9. The van der Waals surface area contributed by atoms with E-state index in [9.17, 15) is 14.4 Å². The summed E-state index contributed by atoms with van der Waals surface area (Å²) in [5.41, 5.74) is 0.807. The molecular weight excluding hydrogens is 300 g/mol. The van der Waals surface area contributed by atoms with Crippen LogP contribution >= 0.6 is 0 Å². The predicted octanol–water partition coefficient (Wildman–Crippen LogP) is 1.45. The number of benzene rings is 1. The van der Waals surface area contributed by atoms with Crippen molar-refractivity contribution in [3.63, 3.8) is 0 Å². The van der Waals surface area contributed by atoms with Crippen LogP contribution in [0.4, 0.5) is 4.79 Å². The van der Waals surface area contributed by atoms with Crippen LogP contribution < -0.4 is 10.6 Å². The second-order valence-corrected chi connectivity index (χ2v) is 4.73. The first kappa shape index (κ1) is 18.2. The highest BCUT2D eigenvalue weighted by molar-refractivity contribution is 5.86. The molecular formula is C16H20N2O5. The lowest BCUT2D eigenvalue weighted by molar-refractivity contribution is -0.139. The number of hydrogen-bond donors (Lipinski definition) is 3. The van der Waals surface area contributed by atoms with Gasteiger partial charge in [0, 0.05) is 6.54 Å². The van der Waals surface area contributed by atoms with Crippen molar-refractivity contribution in [3.8, 4) is 0 Å². The zero-order valence-corrected chi connectivity index (χ0v) is 12.7. The van der Waals surface area contributed by atoms with Crippen molar-refractivity contribution < 1.29 is 24.2 Å². The van der Waals surface area contributed by atoms with Crippen LogP contribution in [0.1, 0.15) is 18.4 Å². The van der Waals surface area contributed by atoms with E-state index in [0.29, 0.717) is 13.0 Å². The number of carboxylic acids is 1. The Morgan fingerprint density at radius 1 is 1.26 bits per heavy atom. The lowest BCUT2D eigenvalue weighted by Gasteiger charge is -2.14. The van der Waals surface area contributed by atoms with Gasteiger partial charge < -0.3 is 20.5 Å². The fraction of sp³-hybridized carbons (Fsp3) is 0.312. The maximum absolute atomic E-state index is 11.6. The van der Waals surface area contributed by atoms with Crippen LogP contribution in [0, 0.1) is 0 Å². The molecule has 0 spiro atoms. The molecule has 0 radical (unpaired) electrons. The van der Waals surface area contributed by atoms with E-state index in [2.05, 4.69) is 17.2 Å². The Morgan fingerprint density at radius 3 is 2.57 bits per heavy atom. The Bertz CT molecular complexity index is 545. The van der Waals surface area contributed by atoms with Gasteiger partial charge in [-0.3, -0.25) is 4.79 Å². The Morgan fingerprint density at radius 2 is 1.96 bits per heavy atom. The minimum atomic E-state index is -1.16. The Kier molecular flexibility index (Phi) is 7.91. The molecule has 0 saturated carbocycles. The summed E-state index contributed by atoms with van der Waals surface area (Å²) < 4.78 is 4.97. The first-order chi connectivity index (χ1) is 11.0. The van der Waals surface area contributed by atoms with Crippen LogP contribution in [0.2, 0.25) is 0 Å². The van der Waals surface area contributed by atoms with Crippen molar-refractivity contribution in [1.82, 2.24) is 10.6 Å². The number of aliphatic carboxylic acids is 1. The molecule has 1 aromatic carbocycles. The zero-order chi connectivity index (χ0) is 17.1. The molecule has 23 heavy (non-hydrogen) atoms. The third kappa shape index (κ3) is 7.66. The van der Waals surface area contributed by atoms with Crippen molar-refractivity contribution in [2.24, 2.45) is 0 Å². The summed E-state index contributed by atoms with van der Waals surface area (Å²) in [4.78, 5) is 33.7. The molecule has 0 saturated heterocycles. The van der Waals surface area contributed by atoms with Gasteiger partial charge in [-0.1, -0.05) is 36.9 Å². The van der Waals surface area contributed by atoms with E-state index in [1.54, 1.807) is 12.1 Å². The highest BCUT2D eigenvalue weighted by Crippen LogP contribution is 2.02. The molecule has 124 valence electrons. The summed E-state index contributed by atoms with van der Waals surface area (Å²) in [6.45, 7) is 3.67. The van der Waals surface area contributed by atoms with Gasteiger partial charge in [-0.2, -0.15) is 0 Å². The van der Waals surface area contributed by atoms with Crippen molar-refractivity contribution >= 4 is 18.0 Å². The van der Waals surface area contributed by atoms with E-state index in [1.165, 1.54) is 0 Å². The summed E-state index contributed by atoms with van der Waals surface area (Å²) in [6.07, 6.45) is 0.910. The molecule has 0 heterocycles. The molecule has 1 rings (SSSR count). The summed E-state index contributed by atoms with van der Waals surface area (Å²) in [5, 5.41) is 13.9. The van der Waals surface area contributed by atoms with Crippen molar-refractivity contribution in [1.29, 1.82) is 0 Å². The molecule has 2 amide bonds. The maximum Gasteiger partial charge on any atom is 0.408 e. The maximum atomic E-state index is 11.6. The number of carbonyl (C=O) groups excluding carboxylic acids is 2. The Labute approximate surface area is 134 Å². The smallest absolute Gasteiger partial charge is 0.408 e. The van der Waals surface area contributed by atoms with Crippen molar-refractivity contribution in [2.75, 3.05) is 6.54 Å². The van der Waals surface area contributed by atoms with Gasteiger partial charge in [0.05, 0.1) is 0 Å². The SMILES string of the molecule is C=CC(=O)NCCCC(NC(=O)OCc1ccccc1)C(=O)O. The van der Waals surface area contributed by atoms with Gasteiger partial charge in [-0.15, -0.1) is 0 Å². The molecule has 7 heteroatoms. The van der Waals surface area contributed by atoms with Gasteiger partial charge in [-0.25, -0.2) is 9.59 Å². The van der Waals surface area contributed by atoms with Gasteiger partial charge >= 0.3 is 12.1 Å². The van der Waals surface area contributed by atoms with Crippen molar-refractivity contribution in [3.05, 3.63) is 48.6 Å². The summed E-state index contributed by atoms with van der Waals surface area (Å²) in [7, 11) is 0. The molecule has 0 bridgehead atoms. The summed E-state index contributed by atoms with van der Waals surface area (Å²) in [5.74, 6) is -1.48. The van der Waals surface area contributed by atoms with Gasteiger partial charge in [0.25, 0.3) is 0 Å². The van der Waals surface area contributed by atoms with E-state index in [4.69, 9.17) is 9.84 Å². The quantitative estimate of drug-likeness (QED) is 0.472. The topological polar surface area (TPSA) is 105 Å². The molecule has 1 aromatic rings. The van der Waals surface area contributed by atoms with Gasteiger partial charge in [0.1, 0.15) is 12.6 Å². The number of ether oxygens (including phenoxy) is 1. The minimum absolute atomic E-state index is 0.0639. The van der Waals surface area contributed by atoms with Gasteiger partial charge in [0.15, 0.2) is 0 Å². The van der Waals surface area contributed by atoms with E-state index >= 15 is 0 Å². The van der Waals surface area contributed by atoms with Crippen LogP contribution in [0.5, 0.6) is 0 Å². The predicted molar refractivity (Wildman–Crippen MR) is 83.6 cm³/mol. The van der Waals surface area contributed by atoms with E-state index in [1.807, 2.05) is 18.2 Å². The van der Waals surface area contributed by atoms with E-state index in [0.717, 1.165) is 11.6 Å². The largest absolute Gasteiger partial charge is 0.480 e. The minimum Gasteiger partial charge on any atom is -0.480 e. The number of alkyl carbamates (subject to hydrolysis) is 1. The summed E-state index contributed by atoms with van der Waals surface area (Å²) in [6, 6.07) is 7.99. The first-order valence-electron chi connectivity index (χ1n) is 7.13. The van der Waals surface area contributed by atoms with Gasteiger partial charge in [-0.05, 0) is 24.5 Å². The number of carbonyl (C=O) groups is 3. The fourth-order valence-corrected chi connectivity index (χ4v) is 1.75. The zero-order valence-electron chi connectivity index (χ0n) is 12.7. The average Bonchev–Trinajstić information content (AvgIpc) is 2.56. The third-order valence-corrected chi connectivity index (χ3v) is 2.96. The summed E-state index contributed by atoms with van der Waals surface area (Å²) >= 11 is 0. The molecule has 0 aromatic heterocycles. The third-order valence-electron chi connectivity index (χ3n) is 2.96. The van der Waals surface area contributed by atoms with Crippen molar-refractivity contribution in [2.45, 2.75) is 25.5 Å². The van der Waals surface area contributed by atoms with Crippen LogP contribution in [0.15, 0.2) is 43.0 Å². The normalized spacial score (nSPS) is 11.1. The molecule has 1 unspecified atom stereocenters. The number of amides is 2. The van der Waals surface area contributed by atoms with Crippen LogP contribution in [-0.2, 0) is 20.9 Å². The number of carboxylic acid groups (broad SMARTS) is 1. The number of hydrogen-bond acceptors (Lipinski definition) is 4. The first-order valence-corrected chi connectivity index (χ1v) is 7.13. The highest BCUT2D eigenvalue weighted by atomic mass is 16.5. The molecule has 7 nitrogen and oxygen atoms in total. The number of nitrogens with one attached hydrogen (secondary N) is 2. The Hall–Kier alpha value is -2.83. The molecule has 0 aliphatic rings. The van der Waals surface area contributed by atoms with Gasteiger partial charge in [0.2, 0.25) is 5.91 Å². The molecule has 0 aliphatic heterocycles.